The van der Waals surface area contributed by atoms with Gasteiger partial charge in [0.25, 0.3) is 0 Å². The third-order valence-corrected chi connectivity index (χ3v) is 14.9. The average Bonchev–Trinajstić information content (AvgIpc) is 3.41. The third-order valence-electron chi connectivity index (χ3n) is 14.9. The van der Waals surface area contributed by atoms with Gasteiger partial charge in [0.05, 0.1) is 0 Å². The number of ether oxygens (including phenoxy) is 3. The smallest absolute Gasteiger partial charge is 0.306 e. The maximum absolute atomic E-state index is 12.9. The molecule has 0 rings (SSSR count). The van der Waals surface area contributed by atoms with Crippen LogP contribution in [0, 0.1) is 0 Å². The fourth-order valence-corrected chi connectivity index (χ4v) is 9.84. The average molecular weight is 1050 g/mol. The molecule has 0 saturated carbocycles. The monoisotopic (exact) mass is 1050 g/mol. The van der Waals surface area contributed by atoms with Crippen LogP contribution in [0.3, 0.4) is 0 Å². The van der Waals surface area contributed by atoms with E-state index in [4.69, 9.17) is 14.2 Å². The number of allylic oxidation sites excluding steroid dienone is 8. The van der Waals surface area contributed by atoms with Gasteiger partial charge in [0, 0.05) is 19.3 Å². The van der Waals surface area contributed by atoms with Gasteiger partial charge in [-0.15, -0.1) is 0 Å². The molecule has 1 unspecified atom stereocenters. The van der Waals surface area contributed by atoms with E-state index in [1.807, 2.05) is 0 Å². The van der Waals surface area contributed by atoms with Crippen molar-refractivity contribution in [3.63, 3.8) is 0 Å². The van der Waals surface area contributed by atoms with Gasteiger partial charge in [0.1, 0.15) is 13.2 Å². The van der Waals surface area contributed by atoms with Gasteiger partial charge < -0.3 is 14.2 Å². The molecule has 0 aliphatic carbocycles. The van der Waals surface area contributed by atoms with Gasteiger partial charge in [-0.05, 0) is 70.6 Å². The van der Waals surface area contributed by atoms with Crippen LogP contribution in [0.5, 0.6) is 0 Å². The summed E-state index contributed by atoms with van der Waals surface area (Å²) in [4.78, 5) is 38.4. The zero-order valence-electron chi connectivity index (χ0n) is 50.3. The number of unbranched alkanes of at least 4 members (excludes halogenated alkanes) is 44. The second-order valence-electron chi connectivity index (χ2n) is 22.4. The van der Waals surface area contributed by atoms with Crippen molar-refractivity contribution in [3.8, 4) is 0 Å². The lowest BCUT2D eigenvalue weighted by molar-refractivity contribution is -0.167. The number of hydrogen-bond acceptors (Lipinski definition) is 6. The molecular weight excluding hydrogens is 925 g/mol. The van der Waals surface area contributed by atoms with Crippen molar-refractivity contribution in [2.45, 2.75) is 361 Å². The van der Waals surface area contributed by atoms with E-state index < -0.39 is 6.10 Å². The van der Waals surface area contributed by atoms with E-state index in [9.17, 15) is 14.4 Å². The van der Waals surface area contributed by atoms with Gasteiger partial charge in [-0.3, -0.25) is 14.4 Å². The van der Waals surface area contributed by atoms with Crippen molar-refractivity contribution >= 4 is 17.9 Å². The highest BCUT2D eigenvalue weighted by atomic mass is 16.6. The Morgan fingerprint density at radius 3 is 0.733 bits per heavy atom. The predicted molar refractivity (Wildman–Crippen MR) is 325 cm³/mol. The van der Waals surface area contributed by atoms with Crippen LogP contribution in [-0.2, 0) is 28.6 Å². The Morgan fingerprint density at radius 2 is 0.467 bits per heavy atom. The largest absolute Gasteiger partial charge is 0.462 e. The van der Waals surface area contributed by atoms with E-state index >= 15 is 0 Å². The first-order chi connectivity index (χ1) is 37.0. The molecule has 0 spiro atoms. The molecule has 6 nitrogen and oxygen atoms in total. The van der Waals surface area contributed by atoms with Crippen LogP contribution in [0.1, 0.15) is 355 Å². The topological polar surface area (TPSA) is 78.9 Å². The molecule has 0 radical (unpaired) electrons. The maximum atomic E-state index is 12.9. The Kier molecular flexibility index (Phi) is 61.7. The first-order valence-corrected chi connectivity index (χ1v) is 33.2. The van der Waals surface area contributed by atoms with Gasteiger partial charge in [0.15, 0.2) is 6.10 Å². The zero-order chi connectivity index (χ0) is 54.3. The molecule has 438 valence electrons. The van der Waals surface area contributed by atoms with E-state index in [1.54, 1.807) is 0 Å². The lowest BCUT2D eigenvalue weighted by Crippen LogP contribution is -2.30. The summed E-state index contributed by atoms with van der Waals surface area (Å²) in [5, 5.41) is 0. The summed E-state index contributed by atoms with van der Waals surface area (Å²) >= 11 is 0. The SMILES string of the molecule is CCCCC/C=C\C=C/CCCCCCCCCCCCC(=O)OCC(COC(=O)CCCCCCCCCCCCCCCCCCCCC)OC(=O)CCCCCCCCCCCC/C=C\C=C/CCCCC. The maximum Gasteiger partial charge on any atom is 0.306 e. The Balaban J connectivity index is 4.34. The molecule has 0 aliphatic heterocycles. The minimum atomic E-state index is -0.776. The van der Waals surface area contributed by atoms with Crippen LogP contribution < -0.4 is 0 Å². The molecule has 0 aromatic rings. The summed E-state index contributed by atoms with van der Waals surface area (Å²) < 4.78 is 17.0. The third kappa shape index (κ3) is 62.1. The fraction of sp³-hybridized carbons (Fsp3) is 0.841. The Hall–Kier alpha value is -2.63. The van der Waals surface area contributed by atoms with E-state index in [-0.39, 0.29) is 31.1 Å². The number of hydrogen-bond donors (Lipinski definition) is 0. The minimum absolute atomic E-state index is 0.0713. The highest BCUT2D eigenvalue weighted by Gasteiger charge is 2.19. The van der Waals surface area contributed by atoms with Crippen LogP contribution in [0.2, 0.25) is 0 Å². The van der Waals surface area contributed by atoms with Gasteiger partial charge in [-0.25, -0.2) is 0 Å². The second-order valence-corrected chi connectivity index (χ2v) is 22.4. The number of esters is 3. The molecule has 0 amide bonds. The summed E-state index contributed by atoms with van der Waals surface area (Å²) in [6, 6.07) is 0. The molecule has 75 heavy (non-hydrogen) atoms. The van der Waals surface area contributed by atoms with Crippen molar-refractivity contribution in [2.24, 2.45) is 0 Å². The highest BCUT2D eigenvalue weighted by Crippen LogP contribution is 2.18. The van der Waals surface area contributed by atoms with Crippen molar-refractivity contribution in [3.05, 3.63) is 48.6 Å². The molecular formula is C69H126O6. The molecule has 6 heteroatoms. The molecule has 0 N–H and O–H groups in total. The molecule has 0 fully saturated rings. The van der Waals surface area contributed by atoms with Crippen LogP contribution in [0.4, 0.5) is 0 Å². The molecule has 0 aromatic carbocycles. The second kappa shape index (κ2) is 63.9. The summed E-state index contributed by atoms with van der Waals surface area (Å²) in [5.41, 5.74) is 0. The predicted octanol–water partition coefficient (Wildman–Crippen LogP) is 22.6. The van der Waals surface area contributed by atoms with Crippen LogP contribution in [-0.4, -0.2) is 37.2 Å². The van der Waals surface area contributed by atoms with Crippen molar-refractivity contribution < 1.29 is 28.6 Å². The molecule has 0 saturated heterocycles. The standard InChI is InChI=1S/C69H126O6/c1-4-7-10-13-16-19-22-25-28-31-34-37-40-43-46-49-52-55-58-61-67(70)73-64-66(75-69(72)63-60-57-54-51-48-45-42-39-36-33-30-27-24-21-18-15-12-9-6-3)65-74-68(71)62-59-56-53-50-47-44-41-38-35-32-29-26-23-20-17-14-11-8-5-2/h16,18-19,21-22,24-25,27,66H,4-15,17,20,23,26,28-65H2,1-3H3/b19-16-,21-18-,25-22-,27-24-. The normalized spacial score (nSPS) is 12.3. The summed E-state index contributed by atoms with van der Waals surface area (Å²) in [6.07, 6.45) is 79.7. The first kappa shape index (κ1) is 72.4. The van der Waals surface area contributed by atoms with Crippen LogP contribution >= 0.6 is 0 Å². The van der Waals surface area contributed by atoms with E-state index in [0.717, 1.165) is 57.8 Å². The van der Waals surface area contributed by atoms with Gasteiger partial charge in [-0.2, -0.15) is 0 Å². The van der Waals surface area contributed by atoms with Crippen molar-refractivity contribution in [2.75, 3.05) is 13.2 Å². The summed E-state index contributed by atoms with van der Waals surface area (Å²) in [5.74, 6) is -0.854. The quantitative estimate of drug-likeness (QED) is 0.0261. The number of carbonyl (C=O) groups is 3. The number of carbonyl (C=O) groups excluding carboxylic acids is 3. The van der Waals surface area contributed by atoms with Gasteiger partial charge >= 0.3 is 17.9 Å². The molecule has 0 bridgehead atoms. The Labute approximate surface area is 467 Å². The minimum Gasteiger partial charge on any atom is -0.462 e. The van der Waals surface area contributed by atoms with Gasteiger partial charge in [-0.1, -0.05) is 313 Å². The highest BCUT2D eigenvalue weighted by molar-refractivity contribution is 5.71. The molecule has 0 heterocycles. The van der Waals surface area contributed by atoms with Gasteiger partial charge in [0.2, 0.25) is 0 Å². The van der Waals surface area contributed by atoms with Crippen LogP contribution in [0.25, 0.3) is 0 Å². The van der Waals surface area contributed by atoms with Crippen LogP contribution in [0.15, 0.2) is 48.6 Å². The lowest BCUT2D eigenvalue weighted by Gasteiger charge is -2.18. The molecule has 0 aromatic heterocycles. The molecule has 0 aliphatic rings. The Morgan fingerprint density at radius 1 is 0.267 bits per heavy atom. The summed E-state index contributed by atoms with van der Waals surface area (Å²) in [7, 11) is 0. The summed E-state index contributed by atoms with van der Waals surface area (Å²) in [6.45, 7) is 6.64. The van der Waals surface area contributed by atoms with E-state index in [0.29, 0.717) is 19.3 Å². The zero-order valence-corrected chi connectivity index (χ0v) is 50.3. The van der Waals surface area contributed by atoms with E-state index in [1.165, 1.54) is 257 Å². The first-order valence-electron chi connectivity index (χ1n) is 33.2. The van der Waals surface area contributed by atoms with E-state index in [2.05, 4.69) is 69.4 Å². The lowest BCUT2D eigenvalue weighted by atomic mass is 10.0. The Bertz CT molecular complexity index is 1300. The number of rotatable bonds is 61. The van der Waals surface area contributed by atoms with Crippen molar-refractivity contribution in [1.29, 1.82) is 0 Å². The fourth-order valence-electron chi connectivity index (χ4n) is 9.84. The molecule has 1 atom stereocenters. The van der Waals surface area contributed by atoms with Crippen molar-refractivity contribution in [1.82, 2.24) is 0 Å².